The number of hydrazine groups is 1. The van der Waals surface area contributed by atoms with Gasteiger partial charge in [0.15, 0.2) is 0 Å². The molecular formula is C11H21N3O5. The van der Waals surface area contributed by atoms with Crippen molar-refractivity contribution in [3.05, 3.63) is 0 Å². The van der Waals surface area contributed by atoms with Gasteiger partial charge in [0.1, 0.15) is 5.54 Å². The Labute approximate surface area is 111 Å². The molecule has 1 amide bonds. The third kappa shape index (κ3) is 4.49. The normalized spacial score (nSPS) is 13.9. The lowest BCUT2D eigenvalue weighted by Gasteiger charge is -2.38. The Kier molecular flexibility index (Phi) is 7.02. The van der Waals surface area contributed by atoms with Crippen molar-refractivity contribution in [2.45, 2.75) is 38.6 Å². The number of hydrogen-bond donors (Lipinski definition) is 4. The Bertz CT molecular complexity index is 347. The van der Waals surface area contributed by atoms with Crippen molar-refractivity contribution in [2.24, 2.45) is 5.73 Å². The topological polar surface area (TPSA) is 133 Å². The Morgan fingerprint density at radius 2 is 1.84 bits per heavy atom. The van der Waals surface area contributed by atoms with Crippen molar-refractivity contribution in [3.63, 3.8) is 0 Å². The maximum atomic E-state index is 11.5. The summed E-state index contributed by atoms with van der Waals surface area (Å²) in [6, 6.07) is 0. The van der Waals surface area contributed by atoms with Gasteiger partial charge in [-0.2, -0.15) is 0 Å². The summed E-state index contributed by atoms with van der Waals surface area (Å²) in [6.07, 6.45) is -0.510. The van der Waals surface area contributed by atoms with Gasteiger partial charge in [0.25, 0.3) is 0 Å². The van der Waals surface area contributed by atoms with Crippen molar-refractivity contribution in [1.82, 2.24) is 10.4 Å². The molecule has 19 heavy (non-hydrogen) atoms. The van der Waals surface area contributed by atoms with Gasteiger partial charge in [-0.1, -0.05) is 13.8 Å². The van der Waals surface area contributed by atoms with Crippen LogP contribution in [-0.4, -0.2) is 51.7 Å². The minimum absolute atomic E-state index is 0.0446. The second-order valence-electron chi connectivity index (χ2n) is 4.08. The van der Waals surface area contributed by atoms with Crippen molar-refractivity contribution >= 4 is 17.8 Å². The number of rotatable bonds is 9. The summed E-state index contributed by atoms with van der Waals surface area (Å²) >= 11 is 0. The highest BCUT2D eigenvalue weighted by atomic mass is 16.4. The summed E-state index contributed by atoms with van der Waals surface area (Å²) in [5, 5.41) is 19.4. The lowest BCUT2D eigenvalue weighted by Crippen LogP contribution is -2.62. The predicted molar refractivity (Wildman–Crippen MR) is 67.1 cm³/mol. The number of carbonyl (C=O) groups is 3. The Hall–Kier alpha value is -1.67. The van der Waals surface area contributed by atoms with Crippen molar-refractivity contribution in [3.8, 4) is 0 Å². The number of hydrogen-bond acceptors (Lipinski definition) is 5. The lowest BCUT2D eigenvalue weighted by molar-refractivity contribution is -0.163. The zero-order valence-corrected chi connectivity index (χ0v) is 11.2. The molecule has 0 heterocycles. The fourth-order valence-electron chi connectivity index (χ4n) is 1.83. The molecule has 0 radical (unpaired) electrons. The first-order valence-electron chi connectivity index (χ1n) is 6.06. The van der Waals surface area contributed by atoms with E-state index in [-0.39, 0.29) is 25.9 Å². The van der Waals surface area contributed by atoms with Gasteiger partial charge in [-0.15, -0.1) is 0 Å². The van der Waals surface area contributed by atoms with Crippen LogP contribution in [0.5, 0.6) is 0 Å². The van der Waals surface area contributed by atoms with E-state index in [1.54, 1.807) is 13.8 Å². The highest BCUT2D eigenvalue weighted by Crippen LogP contribution is 2.23. The Morgan fingerprint density at radius 3 is 2.16 bits per heavy atom. The van der Waals surface area contributed by atoms with Crippen LogP contribution >= 0.6 is 0 Å². The molecule has 0 spiro atoms. The van der Waals surface area contributed by atoms with E-state index in [2.05, 4.69) is 5.43 Å². The number of carboxylic acid groups (broad SMARTS) is 2. The van der Waals surface area contributed by atoms with E-state index in [9.17, 15) is 19.5 Å². The molecule has 0 aromatic heterocycles. The SMILES string of the molecule is CCN(NC(=O)CCN)[C@@](CC)(CC(=O)O)C(=O)O. The molecule has 0 aliphatic heterocycles. The van der Waals surface area contributed by atoms with E-state index in [1.807, 2.05) is 0 Å². The molecule has 0 aromatic carbocycles. The molecule has 0 aliphatic rings. The van der Waals surface area contributed by atoms with Gasteiger partial charge >= 0.3 is 11.9 Å². The smallest absolute Gasteiger partial charge is 0.326 e. The van der Waals surface area contributed by atoms with Crippen LogP contribution in [0, 0.1) is 0 Å². The average Bonchev–Trinajstić information content (AvgIpc) is 2.33. The van der Waals surface area contributed by atoms with Crippen LogP contribution in [0.25, 0.3) is 0 Å². The van der Waals surface area contributed by atoms with Crippen molar-refractivity contribution < 1.29 is 24.6 Å². The number of amides is 1. The molecule has 110 valence electrons. The average molecular weight is 275 g/mol. The zero-order chi connectivity index (χ0) is 15.1. The molecular weight excluding hydrogens is 254 g/mol. The summed E-state index contributed by atoms with van der Waals surface area (Å²) in [5.41, 5.74) is 5.99. The van der Waals surface area contributed by atoms with E-state index in [4.69, 9.17) is 10.8 Å². The number of carboxylic acids is 2. The fraction of sp³-hybridized carbons (Fsp3) is 0.727. The number of aliphatic carboxylic acids is 2. The maximum Gasteiger partial charge on any atom is 0.326 e. The van der Waals surface area contributed by atoms with Gasteiger partial charge in [-0.3, -0.25) is 19.8 Å². The minimum atomic E-state index is -1.66. The Balaban J connectivity index is 5.22. The van der Waals surface area contributed by atoms with E-state index in [1.165, 1.54) is 0 Å². The molecule has 8 heteroatoms. The monoisotopic (exact) mass is 275 g/mol. The standard InChI is InChI=1S/C11H21N3O5/c1-3-11(10(18)19,7-9(16)17)14(4-2)13-8(15)5-6-12/h3-7,12H2,1-2H3,(H,13,15)(H,16,17)(H,18,19)/t11-/m0/s1. The van der Waals surface area contributed by atoms with Crippen LogP contribution in [0.3, 0.4) is 0 Å². The van der Waals surface area contributed by atoms with Crippen LogP contribution in [-0.2, 0) is 14.4 Å². The number of nitrogens with one attached hydrogen (secondary N) is 1. The van der Waals surface area contributed by atoms with Gasteiger partial charge in [0.05, 0.1) is 6.42 Å². The molecule has 0 fully saturated rings. The van der Waals surface area contributed by atoms with Gasteiger partial charge in [0, 0.05) is 19.5 Å². The quantitative estimate of drug-likeness (QED) is 0.413. The Morgan fingerprint density at radius 1 is 1.26 bits per heavy atom. The molecule has 1 atom stereocenters. The van der Waals surface area contributed by atoms with Gasteiger partial charge in [-0.05, 0) is 6.42 Å². The van der Waals surface area contributed by atoms with Crippen molar-refractivity contribution in [1.29, 1.82) is 0 Å². The van der Waals surface area contributed by atoms with Gasteiger partial charge in [0.2, 0.25) is 5.91 Å². The first-order valence-corrected chi connectivity index (χ1v) is 6.06. The summed E-state index contributed by atoms with van der Waals surface area (Å²) in [6.45, 7) is 3.50. The minimum Gasteiger partial charge on any atom is -0.481 e. The van der Waals surface area contributed by atoms with E-state index in [0.717, 1.165) is 5.01 Å². The predicted octanol–water partition coefficient (Wildman–Crippen LogP) is -0.604. The fourth-order valence-corrected chi connectivity index (χ4v) is 1.83. The van der Waals surface area contributed by atoms with E-state index >= 15 is 0 Å². The molecule has 0 rings (SSSR count). The van der Waals surface area contributed by atoms with Crippen LogP contribution in [0.4, 0.5) is 0 Å². The van der Waals surface area contributed by atoms with Crippen LogP contribution in [0.15, 0.2) is 0 Å². The number of nitrogens with zero attached hydrogens (tertiary/aromatic N) is 1. The molecule has 5 N–H and O–H groups in total. The number of carbonyl (C=O) groups excluding carboxylic acids is 1. The van der Waals surface area contributed by atoms with Crippen molar-refractivity contribution in [2.75, 3.05) is 13.1 Å². The van der Waals surface area contributed by atoms with Gasteiger partial charge < -0.3 is 15.9 Å². The second-order valence-corrected chi connectivity index (χ2v) is 4.08. The maximum absolute atomic E-state index is 11.5. The molecule has 0 unspecified atom stereocenters. The van der Waals surface area contributed by atoms with E-state index in [0.29, 0.717) is 0 Å². The highest BCUT2D eigenvalue weighted by Gasteiger charge is 2.45. The second kappa shape index (κ2) is 7.70. The molecule has 8 nitrogen and oxygen atoms in total. The van der Waals surface area contributed by atoms with Crippen LogP contribution in [0.2, 0.25) is 0 Å². The third-order valence-electron chi connectivity index (χ3n) is 2.89. The third-order valence-corrected chi connectivity index (χ3v) is 2.89. The summed E-state index contributed by atoms with van der Waals surface area (Å²) in [4.78, 5) is 33.8. The largest absolute Gasteiger partial charge is 0.481 e. The summed E-state index contributed by atoms with van der Waals surface area (Å²) < 4.78 is 0. The van der Waals surface area contributed by atoms with E-state index < -0.39 is 29.8 Å². The first-order chi connectivity index (χ1) is 8.83. The van der Waals surface area contributed by atoms with Crippen LogP contribution < -0.4 is 11.2 Å². The zero-order valence-electron chi connectivity index (χ0n) is 11.2. The van der Waals surface area contributed by atoms with Gasteiger partial charge in [-0.25, -0.2) is 5.01 Å². The summed E-state index contributed by atoms with van der Waals surface area (Å²) in [7, 11) is 0. The summed E-state index contributed by atoms with van der Waals surface area (Å²) in [5.74, 6) is -2.96. The highest BCUT2D eigenvalue weighted by molar-refractivity contribution is 5.85. The lowest BCUT2D eigenvalue weighted by atomic mass is 9.91. The first kappa shape index (κ1) is 17.3. The molecule has 0 aliphatic carbocycles. The molecule has 0 saturated carbocycles. The molecule has 0 saturated heterocycles. The molecule has 0 aromatic rings. The number of likely N-dealkylation sites (N-methyl/N-ethyl adjacent to an activating group) is 1. The molecule has 0 bridgehead atoms. The number of nitrogens with two attached hydrogens (primary N) is 1. The van der Waals surface area contributed by atoms with Crippen LogP contribution in [0.1, 0.15) is 33.1 Å².